The van der Waals surface area contributed by atoms with Crippen molar-refractivity contribution in [1.29, 1.82) is 0 Å². The number of aromatic hydroxyl groups is 1. The Hall–Kier alpha value is -2.75. The van der Waals surface area contributed by atoms with E-state index in [0.717, 1.165) is 23.9 Å². The van der Waals surface area contributed by atoms with E-state index in [-0.39, 0.29) is 35.5 Å². The van der Waals surface area contributed by atoms with Crippen LogP contribution in [0.2, 0.25) is 5.02 Å². The molecule has 10 heteroatoms. The van der Waals surface area contributed by atoms with Gasteiger partial charge >= 0.3 is 0 Å². The highest BCUT2D eigenvalue weighted by Gasteiger charge is 2.23. The first-order valence-corrected chi connectivity index (χ1v) is 11.8. The Morgan fingerprint density at radius 2 is 1.91 bits per heavy atom. The van der Waals surface area contributed by atoms with Crippen LogP contribution in [0.15, 0.2) is 47.5 Å². The number of halogens is 2. The van der Waals surface area contributed by atoms with Crippen LogP contribution in [0.5, 0.6) is 5.75 Å². The Kier molecular flexibility index (Phi) is 7.33. The van der Waals surface area contributed by atoms with E-state index in [4.69, 9.17) is 11.6 Å². The van der Waals surface area contributed by atoms with E-state index in [1.165, 1.54) is 0 Å². The van der Waals surface area contributed by atoms with Crippen LogP contribution in [0.4, 0.5) is 4.39 Å². The van der Waals surface area contributed by atoms with Crippen molar-refractivity contribution in [3.8, 4) is 5.75 Å². The van der Waals surface area contributed by atoms with Gasteiger partial charge in [0.15, 0.2) is 0 Å². The molecule has 0 aliphatic rings. The Bertz CT molecular complexity index is 1250. The van der Waals surface area contributed by atoms with E-state index in [0.29, 0.717) is 11.4 Å². The summed E-state index contributed by atoms with van der Waals surface area (Å²) in [5.74, 6) is -1.80. The third-order valence-electron chi connectivity index (χ3n) is 4.79. The summed E-state index contributed by atoms with van der Waals surface area (Å²) in [6, 6.07) is 8.61. The van der Waals surface area contributed by atoms with Gasteiger partial charge in [0, 0.05) is 29.7 Å². The average Bonchev–Trinajstić information content (AvgIpc) is 2.73. The number of carbonyl (C=O) groups is 1. The molecule has 0 unspecified atom stereocenters. The van der Waals surface area contributed by atoms with Crippen LogP contribution in [0, 0.1) is 11.7 Å². The van der Waals surface area contributed by atoms with E-state index in [2.05, 4.69) is 15.0 Å². The average molecular weight is 480 g/mol. The van der Waals surface area contributed by atoms with Gasteiger partial charge in [0.1, 0.15) is 22.0 Å². The fourth-order valence-corrected chi connectivity index (χ4v) is 4.39. The van der Waals surface area contributed by atoms with Gasteiger partial charge in [-0.05, 0) is 42.2 Å². The minimum Gasteiger partial charge on any atom is -0.506 e. The normalized spacial score (nSPS) is 11.8. The molecule has 170 valence electrons. The third-order valence-corrected chi connectivity index (χ3v) is 6.51. The number of sulfonamides is 1. The number of hydrogen-bond donors (Lipinski definition) is 3. The number of carbonyl (C=O) groups excluding carboxylic acids is 1. The maximum Gasteiger partial charge on any atom is 0.256 e. The highest BCUT2D eigenvalue weighted by molar-refractivity contribution is 7.89. The van der Waals surface area contributed by atoms with E-state index in [1.807, 2.05) is 13.8 Å². The molecule has 1 amide bonds. The molecular weight excluding hydrogens is 457 g/mol. The van der Waals surface area contributed by atoms with Gasteiger partial charge in [0.2, 0.25) is 10.0 Å². The number of benzene rings is 2. The molecule has 7 nitrogen and oxygen atoms in total. The monoisotopic (exact) mass is 479 g/mol. The number of fused-ring (bicyclic) bond motifs is 1. The molecule has 0 aliphatic carbocycles. The Labute approximate surface area is 190 Å². The molecule has 0 aliphatic heterocycles. The number of hydrogen-bond acceptors (Lipinski definition) is 5. The lowest BCUT2D eigenvalue weighted by atomic mass is 10.1. The molecule has 1 aromatic heterocycles. The third kappa shape index (κ3) is 5.53. The molecule has 0 atom stereocenters. The van der Waals surface area contributed by atoms with Crippen molar-refractivity contribution < 1.29 is 22.7 Å². The Morgan fingerprint density at radius 3 is 2.56 bits per heavy atom. The summed E-state index contributed by atoms with van der Waals surface area (Å²) < 4.78 is 42.1. The minimum atomic E-state index is -4.08. The molecule has 0 saturated carbocycles. The largest absolute Gasteiger partial charge is 0.506 e. The van der Waals surface area contributed by atoms with E-state index >= 15 is 0 Å². The van der Waals surface area contributed by atoms with Gasteiger partial charge < -0.3 is 10.4 Å². The quantitative estimate of drug-likeness (QED) is 0.452. The van der Waals surface area contributed by atoms with Crippen molar-refractivity contribution in [2.45, 2.75) is 31.7 Å². The lowest BCUT2D eigenvalue weighted by Gasteiger charge is -2.13. The van der Waals surface area contributed by atoms with Crippen LogP contribution in [0.1, 0.15) is 36.2 Å². The maximum absolute atomic E-state index is 14.3. The highest BCUT2D eigenvalue weighted by Crippen LogP contribution is 2.32. The fourth-order valence-electron chi connectivity index (χ4n) is 3.03. The summed E-state index contributed by atoms with van der Waals surface area (Å²) in [5, 5.41) is 13.6. The van der Waals surface area contributed by atoms with Crippen LogP contribution in [0.3, 0.4) is 0 Å². The van der Waals surface area contributed by atoms with Gasteiger partial charge in [-0.2, -0.15) is 0 Å². The van der Waals surface area contributed by atoms with E-state index in [1.54, 1.807) is 24.3 Å². The minimum absolute atomic E-state index is 0.129. The number of rotatable bonds is 8. The molecule has 3 aromatic rings. The van der Waals surface area contributed by atoms with Gasteiger partial charge in [-0.25, -0.2) is 17.5 Å². The second-order valence-corrected chi connectivity index (χ2v) is 9.88. The molecule has 0 bridgehead atoms. The molecule has 0 spiro atoms. The first kappa shape index (κ1) is 23.9. The highest BCUT2D eigenvalue weighted by atomic mass is 35.5. The van der Waals surface area contributed by atoms with Crippen molar-refractivity contribution in [1.82, 2.24) is 15.0 Å². The lowest BCUT2D eigenvalue weighted by Crippen LogP contribution is -2.26. The van der Waals surface area contributed by atoms with Crippen molar-refractivity contribution in [3.05, 3.63) is 64.6 Å². The van der Waals surface area contributed by atoms with Crippen LogP contribution < -0.4 is 10.0 Å². The smallest absolute Gasteiger partial charge is 0.256 e. The SMILES string of the molecule is CC(C)CCNS(=O)(=O)c1cc(F)cc2c(O)c(C(=O)NCc3ccc(Cl)cc3)cnc12. The van der Waals surface area contributed by atoms with Gasteiger partial charge in [0.25, 0.3) is 5.91 Å². The van der Waals surface area contributed by atoms with Crippen LogP contribution in [0.25, 0.3) is 10.9 Å². The summed E-state index contributed by atoms with van der Waals surface area (Å²) >= 11 is 5.84. The topological polar surface area (TPSA) is 108 Å². The van der Waals surface area contributed by atoms with Crippen LogP contribution in [-0.4, -0.2) is 31.0 Å². The van der Waals surface area contributed by atoms with Crippen LogP contribution in [-0.2, 0) is 16.6 Å². The fraction of sp³-hybridized carbons (Fsp3) is 0.273. The molecular formula is C22H23ClFN3O4S. The molecule has 32 heavy (non-hydrogen) atoms. The molecule has 0 saturated heterocycles. The van der Waals surface area contributed by atoms with Crippen molar-refractivity contribution in [3.63, 3.8) is 0 Å². The second kappa shape index (κ2) is 9.81. The molecule has 3 N–H and O–H groups in total. The summed E-state index contributed by atoms with van der Waals surface area (Å²) in [6.07, 6.45) is 1.67. The van der Waals surface area contributed by atoms with E-state index < -0.39 is 32.4 Å². The maximum atomic E-state index is 14.3. The first-order chi connectivity index (χ1) is 15.1. The predicted octanol–water partition coefficient (Wildman–Crippen LogP) is 3.99. The zero-order valence-corrected chi connectivity index (χ0v) is 19.1. The van der Waals surface area contributed by atoms with Gasteiger partial charge in [0.05, 0.1) is 5.52 Å². The predicted molar refractivity (Wildman–Crippen MR) is 121 cm³/mol. The van der Waals surface area contributed by atoms with Crippen molar-refractivity contribution in [2.24, 2.45) is 5.92 Å². The van der Waals surface area contributed by atoms with E-state index in [9.17, 15) is 22.7 Å². The Morgan fingerprint density at radius 1 is 1.22 bits per heavy atom. The standard InChI is InChI=1S/C22H23ClFN3O4S/c1-13(2)7-8-27-32(30,31)19-10-16(24)9-17-20(19)25-12-18(21(17)28)22(29)26-11-14-3-5-15(23)6-4-14/h3-6,9-10,12-13,27H,7-8,11H2,1-2H3,(H,25,28)(H,26,29). The number of pyridine rings is 1. The number of aromatic nitrogens is 1. The summed E-state index contributed by atoms with van der Waals surface area (Å²) in [7, 11) is -4.08. The molecule has 2 aromatic carbocycles. The van der Waals surface area contributed by atoms with Gasteiger partial charge in [-0.1, -0.05) is 37.6 Å². The summed E-state index contributed by atoms with van der Waals surface area (Å²) in [4.78, 5) is 16.2. The Balaban J connectivity index is 1.91. The molecule has 0 radical (unpaired) electrons. The van der Waals surface area contributed by atoms with Crippen molar-refractivity contribution in [2.75, 3.05) is 6.54 Å². The number of nitrogens with one attached hydrogen (secondary N) is 2. The molecule has 3 rings (SSSR count). The lowest BCUT2D eigenvalue weighted by molar-refractivity contribution is 0.0948. The summed E-state index contributed by atoms with van der Waals surface area (Å²) in [6.45, 7) is 4.24. The first-order valence-electron chi connectivity index (χ1n) is 9.92. The zero-order valence-electron chi connectivity index (χ0n) is 17.5. The zero-order chi connectivity index (χ0) is 23.5. The number of amides is 1. The van der Waals surface area contributed by atoms with Gasteiger partial charge in [-0.3, -0.25) is 9.78 Å². The second-order valence-electron chi connectivity index (χ2n) is 7.71. The number of nitrogens with zero attached hydrogens (tertiary/aromatic N) is 1. The van der Waals surface area contributed by atoms with Gasteiger partial charge in [-0.15, -0.1) is 0 Å². The molecule has 0 fully saturated rings. The van der Waals surface area contributed by atoms with Crippen LogP contribution >= 0.6 is 11.6 Å². The van der Waals surface area contributed by atoms with Crippen molar-refractivity contribution >= 4 is 38.4 Å². The summed E-state index contributed by atoms with van der Waals surface area (Å²) in [5.41, 5.74) is 0.450. The molecule has 1 heterocycles.